The van der Waals surface area contributed by atoms with Crippen LogP contribution in [0.2, 0.25) is 0 Å². The quantitative estimate of drug-likeness (QED) is 0.492. The number of rotatable bonds is 7. The number of nitrogens with one attached hydrogen (secondary N) is 2. The molecular weight excluding hydrogens is 446 g/mol. The molecule has 1 aliphatic heterocycles. The minimum absolute atomic E-state index is 0.0657. The van der Waals surface area contributed by atoms with Gasteiger partial charge >= 0.3 is 11.7 Å². The lowest BCUT2D eigenvalue weighted by Crippen LogP contribution is -2.46. The molecule has 35 heavy (non-hydrogen) atoms. The van der Waals surface area contributed by atoms with Crippen LogP contribution in [0.4, 0.5) is 10.7 Å². The number of carbonyl (C=O) groups excluding carboxylic acids is 1. The molecule has 0 aliphatic carbocycles. The van der Waals surface area contributed by atoms with Crippen molar-refractivity contribution in [1.82, 2.24) is 29.3 Å². The Morgan fingerprint density at radius 2 is 1.89 bits per heavy atom. The molecule has 10 heteroatoms. The average Bonchev–Trinajstić information content (AvgIpc) is 3.26. The lowest BCUT2D eigenvalue weighted by molar-refractivity contribution is 0.241. The van der Waals surface area contributed by atoms with Gasteiger partial charge in [-0.3, -0.25) is 13.9 Å². The Morgan fingerprint density at radius 1 is 1.14 bits per heavy atom. The van der Waals surface area contributed by atoms with Crippen LogP contribution >= 0.6 is 0 Å². The number of anilines is 1. The van der Waals surface area contributed by atoms with Gasteiger partial charge in [-0.1, -0.05) is 43.2 Å². The van der Waals surface area contributed by atoms with E-state index >= 15 is 0 Å². The summed E-state index contributed by atoms with van der Waals surface area (Å²) in [7, 11) is 0. The molecule has 1 aromatic carbocycles. The van der Waals surface area contributed by atoms with Crippen LogP contribution in [-0.2, 0) is 19.5 Å². The summed E-state index contributed by atoms with van der Waals surface area (Å²) in [4.78, 5) is 47.1. The van der Waals surface area contributed by atoms with Gasteiger partial charge in [0, 0.05) is 39.3 Å². The third-order valence-corrected chi connectivity index (χ3v) is 6.02. The summed E-state index contributed by atoms with van der Waals surface area (Å²) in [5.41, 5.74) is 0.113. The molecule has 0 saturated carbocycles. The fourth-order valence-electron chi connectivity index (χ4n) is 4.21. The molecule has 2 N–H and O–H groups in total. The first-order valence-electron chi connectivity index (χ1n) is 12.0. The molecule has 0 unspecified atom stereocenters. The standard InChI is InChI=1S/C25H31N7O3/c1-3-5-15-30-20-21(28-23(30)29-17-13-26-14-18-29)32(24(34)27-12-4-2)25(35)31(22(20)33)16-11-19-9-7-6-8-10-19/h6-10,26H,4,11-18H2,1-2H3,(H,27,34). The summed E-state index contributed by atoms with van der Waals surface area (Å²) >= 11 is 0. The number of hydrogen-bond acceptors (Lipinski definition) is 6. The highest BCUT2D eigenvalue weighted by molar-refractivity contribution is 5.87. The third kappa shape index (κ3) is 5.00. The van der Waals surface area contributed by atoms with Gasteiger partial charge in [0.05, 0.1) is 6.54 Å². The van der Waals surface area contributed by atoms with Gasteiger partial charge in [0.25, 0.3) is 5.56 Å². The number of imidazole rings is 1. The fourth-order valence-corrected chi connectivity index (χ4v) is 4.21. The van der Waals surface area contributed by atoms with E-state index < -0.39 is 17.3 Å². The number of carbonyl (C=O) groups is 1. The van der Waals surface area contributed by atoms with Gasteiger partial charge in [-0.05, 0) is 25.3 Å². The number of aromatic nitrogens is 4. The Hall–Kier alpha value is -3.84. The van der Waals surface area contributed by atoms with E-state index in [2.05, 4.69) is 32.4 Å². The second kappa shape index (κ2) is 11.1. The molecule has 3 heterocycles. The number of benzene rings is 1. The highest BCUT2D eigenvalue weighted by Gasteiger charge is 2.27. The molecule has 1 saturated heterocycles. The second-order valence-corrected chi connectivity index (χ2v) is 8.38. The van der Waals surface area contributed by atoms with Crippen molar-refractivity contribution >= 4 is 23.1 Å². The maximum absolute atomic E-state index is 13.7. The second-order valence-electron chi connectivity index (χ2n) is 8.38. The molecule has 0 spiro atoms. The van der Waals surface area contributed by atoms with Crippen LogP contribution in [0.3, 0.4) is 0 Å². The maximum atomic E-state index is 13.7. The van der Waals surface area contributed by atoms with Crippen molar-refractivity contribution in [1.29, 1.82) is 0 Å². The smallest absolute Gasteiger partial charge is 0.340 e. The fraction of sp³-hybridized carbons (Fsp3) is 0.440. The SMILES string of the molecule is CC#CCn1c(N2CCNCC2)nc2c1c(=O)n(CCc1ccccc1)c(=O)n2C(=O)NCCC. The van der Waals surface area contributed by atoms with Crippen LogP contribution < -0.4 is 26.8 Å². The van der Waals surface area contributed by atoms with E-state index in [1.807, 2.05) is 37.3 Å². The van der Waals surface area contributed by atoms with E-state index in [0.717, 1.165) is 27.8 Å². The third-order valence-electron chi connectivity index (χ3n) is 6.02. The van der Waals surface area contributed by atoms with E-state index in [-0.39, 0.29) is 24.3 Å². The van der Waals surface area contributed by atoms with Gasteiger partial charge in [-0.15, -0.1) is 5.92 Å². The molecule has 2 aromatic heterocycles. The van der Waals surface area contributed by atoms with Crippen molar-refractivity contribution in [3.63, 3.8) is 0 Å². The average molecular weight is 478 g/mol. The van der Waals surface area contributed by atoms with Crippen molar-refractivity contribution in [3.8, 4) is 11.8 Å². The van der Waals surface area contributed by atoms with E-state index in [1.165, 1.54) is 0 Å². The number of aryl methyl sites for hydroxylation is 1. The normalized spacial score (nSPS) is 13.5. The monoisotopic (exact) mass is 477 g/mol. The number of amides is 1. The number of piperazine rings is 1. The van der Waals surface area contributed by atoms with Crippen LogP contribution in [0.5, 0.6) is 0 Å². The molecule has 10 nitrogen and oxygen atoms in total. The van der Waals surface area contributed by atoms with E-state index in [9.17, 15) is 14.4 Å². The highest BCUT2D eigenvalue weighted by atomic mass is 16.2. The largest absolute Gasteiger partial charge is 0.341 e. The van der Waals surface area contributed by atoms with E-state index in [0.29, 0.717) is 38.4 Å². The molecule has 0 bridgehead atoms. The molecule has 1 amide bonds. The van der Waals surface area contributed by atoms with Crippen molar-refractivity contribution in [2.24, 2.45) is 0 Å². The molecule has 4 rings (SSSR count). The first kappa shape index (κ1) is 24.3. The van der Waals surface area contributed by atoms with Crippen LogP contribution in [-0.4, -0.2) is 57.4 Å². The Morgan fingerprint density at radius 3 is 2.57 bits per heavy atom. The van der Waals surface area contributed by atoms with Gasteiger partial charge in [0.1, 0.15) is 0 Å². The van der Waals surface area contributed by atoms with Gasteiger partial charge in [-0.25, -0.2) is 9.59 Å². The zero-order valence-electron chi connectivity index (χ0n) is 20.2. The predicted octanol–water partition coefficient (Wildman–Crippen LogP) is 1.00. The maximum Gasteiger partial charge on any atom is 0.341 e. The Labute approximate surface area is 203 Å². The summed E-state index contributed by atoms with van der Waals surface area (Å²) in [6, 6.07) is 9.04. The summed E-state index contributed by atoms with van der Waals surface area (Å²) < 4.78 is 3.88. The summed E-state index contributed by atoms with van der Waals surface area (Å²) in [6.07, 6.45) is 1.19. The lowest BCUT2D eigenvalue weighted by Gasteiger charge is -2.28. The van der Waals surface area contributed by atoms with Crippen LogP contribution in [0.15, 0.2) is 39.9 Å². The van der Waals surface area contributed by atoms with Gasteiger partial charge < -0.3 is 15.5 Å². The zero-order valence-corrected chi connectivity index (χ0v) is 20.2. The van der Waals surface area contributed by atoms with Crippen molar-refractivity contribution < 1.29 is 4.79 Å². The molecule has 1 aliphatic rings. The predicted molar refractivity (Wildman–Crippen MR) is 136 cm³/mol. The summed E-state index contributed by atoms with van der Waals surface area (Å²) in [5, 5.41) is 6.07. The molecule has 0 atom stereocenters. The van der Waals surface area contributed by atoms with E-state index in [4.69, 9.17) is 0 Å². The number of fused-ring (bicyclic) bond motifs is 1. The van der Waals surface area contributed by atoms with E-state index in [1.54, 1.807) is 11.5 Å². The number of hydrogen-bond donors (Lipinski definition) is 2. The van der Waals surface area contributed by atoms with Gasteiger partial charge in [-0.2, -0.15) is 9.55 Å². The minimum atomic E-state index is -0.690. The summed E-state index contributed by atoms with van der Waals surface area (Å²) in [5.74, 6) is 6.43. The molecule has 184 valence electrons. The van der Waals surface area contributed by atoms with Gasteiger partial charge in [0.2, 0.25) is 5.95 Å². The molecular formula is C25H31N7O3. The molecule has 1 fully saturated rings. The summed E-state index contributed by atoms with van der Waals surface area (Å²) in [6.45, 7) is 7.37. The Balaban J connectivity index is 1.93. The van der Waals surface area contributed by atoms with Crippen LogP contribution in [0.25, 0.3) is 11.2 Å². The van der Waals surface area contributed by atoms with Gasteiger partial charge in [0.15, 0.2) is 11.2 Å². The van der Waals surface area contributed by atoms with Crippen molar-refractivity contribution in [2.75, 3.05) is 37.6 Å². The highest BCUT2D eigenvalue weighted by Crippen LogP contribution is 2.20. The zero-order chi connectivity index (χ0) is 24.8. The first-order valence-corrected chi connectivity index (χ1v) is 12.0. The van der Waals surface area contributed by atoms with Crippen molar-refractivity contribution in [2.45, 2.75) is 39.8 Å². The number of nitrogens with zero attached hydrogens (tertiary/aromatic N) is 5. The van der Waals surface area contributed by atoms with Crippen LogP contribution in [0.1, 0.15) is 25.8 Å². The lowest BCUT2D eigenvalue weighted by atomic mass is 10.1. The minimum Gasteiger partial charge on any atom is -0.340 e. The molecule has 3 aromatic rings. The Bertz CT molecular complexity index is 1370. The van der Waals surface area contributed by atoms with Crippen molar-refractivity contribution in [3.05, 3.63) is 56.7 Å². The first-order chi connectivity index (χ1) is 17.1. The Kier molecular flexibility index (Phi) is 7.67. The van der Waals surface area contributed by atoms with Crippen LogP contribution in [0, 0.1) is 11.8 Å². The molecule has 0 radical (unpaired) electrons. The topological polar surface area (TPSA) is 106 Å².